The van der Waals surface area contributed by atoms with Gasteiger partial charge >= 0.3 is 0 Å². The molecular formula is C12H17N2. The van der Waals surface area contributed by atoms with E-state index in [0.717, 1.165) is 12.2 Å². The zero-order valence-corrected chi connectivity index (χ0v) is 8.52. The van der Waals surface area contributed by atoms with Crippen LogP contribution in [0.15, 0.2) is 24.4 Å². The van der Waals surface area contributed by atoms with Crippen LogP contribution in [0, 0.1) is 6.42 Å². The molecule has 0 saturated carbocycles. The van der Waals surface area contributed by atoms with Crippen LogP contribution in [-0.2, 0) is 0 Å². The highest BCUT2D eigenvalue weighted by Crippen LogP contribution is 2.09. The Morgan fingerprint density at radius 3 is 2.79 bits per heavy atom. The molecule has 2 heteroatoms. The van der Waals surface area contributed by atoms with Gasteiger partial charge in [-0.2, -0.15) is 0 Å². The number of nitrogens with zero attached hydrogens (tertiary/aromatic N) is 2. The quantitative estimate of drug-likeness (QED) is 0.724. The predicted molar refractivity (Wildman–Crippen MR) is 57.9 cm³/mol. The molecule has 0 spiro atoms. The summed E-state index contributed by atoms with van der Waals surface area (Å²) in [5.41, 5.74) is 1.10. The Morgan fingerprint density at radius 1 is 1.21 bits per heavy atom. The summed E-state index contributed by atoms with van der Waals surface area (Å²) in [5.74, 6) is 0. The Hall–Kier alpha value is -0.890. The van der Waals surface area contributed by atoms with E-state index in [-0.39, 0.29) is 0 Å². The van der Waals surface area contributed by atoms with Crippen LogP contribution in [0.1, 0.15) is 25.0 Å². The third-order valence-corrected chi connectivity index (χ3v) is 2.70. The first-order valence-electron chi connectivity index (χ1n) is 5.42. The van der Waals surface area contributed by atoms with Crippen LogP contribution in [-0.4, -0.2) is 29.5 Å². The van der Waals surface area contributed by atoms with Gasteiger partial charge in [0.2, 0.25) is 0 Å². The Morgan fingerprint density at radius 2 is 2.07 bits per heavy atom. The Bertz CT molecular complexity index is 252. The lowest BCUT2D eigenvalue weighted by Crippen LogP contribution is -2.30. The molecule has 1 saturated heterocycles. The maximum atomic E-state index is 4.28. The van der Waals surface area contributed by atoms with Crippen molar-refractivity contribution in [3.63, 3.8) is 0 Å². The normalized spacial score (nSPS) is 18.3. The second-order valence-corrected chi connectivity index (χ2v) is 3.82. The van der Waals surface area contributed by atoms with Crippen molar-refractivity contribution in [3.05, 3.63) is 36.5 Å². The van der Waals surface area contributed by atoms with Crippen LogP contribution in [0.5, 0.6) is 0 Å². The van der Waals surface area contributed by atoms with E-state index < -0.39 is 0 Å². The van der Waals surface area contributed by atoms with E-state index in [2.05, 4.69) is 22.4 Å². The minimum atomic E-state index is 1.05. The zero-order valence-electron chi connectivity index (χ0n) is 8.52. The molecule has 75 valence electrons. The third-order valence-electron chi connectivity index (χ3n) is 2.70. The Balaban J connectivity index is 1.76. The van der Waals surface area contributed by atoms with Crippen molar-refractivity contribution < 1.29 is 0 Å². The molecule has 1 fully saturated rings. The molecule has 1 aliphatic rings. The first kappa shape index (κ1) is 9.66. The van der Waals surface area contributed by atoms with Crippen LogP contribution in [0.25, 0.3) is 0 Å². The fourth-order valence-electron chi connectivity index (χ4n) is 1.86. The van der Waals surface area contributed by atoms with Crippen LogP contribution < -0.4 is 0 Å². The summed E-state index contributed by atoms with van der Waals surface area (Å²) in [6.45, 7) is 3.56. The number of rotatable bonds is 3. The molecule has 14 heavy (non-hydrogen) atoms. The van der Waals surface area contributed by atoms with Crippen molar-refractivity contribution >= 4 is 0 Å². The zero-order chi connectivity index (χ0) is 9.64. The lowest BCUT2D eigenvalue weighted by molar-refractivity contribution is 0.246. The lowest BCUT2D eigenvalue weighted by Gasteiger charge is -2.25. The van der Waals surface area contributed by atoms with E-state index in [0.29, 0.717) is 0 Å². The topological polar surface area (TPSA) is 16.1 Å². The largest absolute Gasteiger partial charge is 0.303 e. The SMILES string of the molecule is [CH](CN1CCCCC1)c1ccccn1. The molecule has 1 radical (unpaired) electrons. The number of pyridine rings is 1. The molecule has 0 bridgehead atoms. The Kier molecular flexibility index (Phi) is 3.52. The maximum absolute atomic E-state index is 4.28. The summed E-state index contributed by atoms with van der Waals surface area (Å²) in [6.07, 6.45) is 8.18. The molecule has 1 aliphatic heterocycles. The molecule has 1 aromatic heterocycles. The van der Waals surface area contributed by atoms with Gasteiger partial charge in [0, 0.05) is 24.9 Å². The van der Waals surface area contributed by atoms with Crippen molar-refractivity contribution in [2.45, 2.75) is 19.3 Å². The number of hydrogen-bond donors (Lipinski definition) is 0. The molecule has 0 N–H and O–H groups in total. The van der Waals surface area contributed by atoms with Gasteiger partial charge in [0.25, 0.3) is 0 Å². The molecule has 0 amide bonds. The van der Waals surface area contributed by atoms with Gasteiger partial charge in [-0.25, -0.2) is 0 Å². The van der Waals surface area contributed by atoms with Gasteiger partial charge in [-0.3, -0.25) is 4.98 Å². The predicted octanol–water partition coefficient (Wildman–Crippen LogP) is 2.12. The molecule has 0 aromatic carbocycles. The van der Waals surface area contributed by atoms with E-state index >= 15 is 0 Å². The molecular weight excluding hydrogens is 172 g/mol. The second-order valence-electron chi connectivity index (χ2n) is 3.82. The first-order valence-corrected chi connectivity index (χ1v) is 5.42. The van der Waals surface area contributed by atoms with E-state index in [1.165, 1.54) is 32.4 Å². The highest BCUT2D eigenvalue weighted by Gasteiger charge is 2.09. The highest BCUT2D eigenvalue weighted by molar-refractivity contribution is 5.13. The minimum Gasteiger partial charge on any atom is -0.303 e. The third kappa shape index (κ3) is 2.81. The smallest absolute Gasteiger partial charge is 0.0454 e. The van der Waals surface area contributed by atoms with Gasteiger partial charge < -0.3 is 4.90 Å². The van der Waals surface area contributed by atoms with Gasteiger partial charge in [0.05, 0.1) is 0 Å². The van der Waals surface area contributed by atoms with Crippen molar-refractivity contribution in [2.75, 3.05) is 19.6 Å². The van der Waals surface area contributed by atoms with Crippen molar-refractivity contribution in [1.82, 2.24) is 9.88 Å². The van der Waals surface area contributed by atoms with Crippen molar-refractivity contribution in [3.8, 4) is 0 Å². The summed E-state index contributed by atoms with van der Waals surface area (Å²) in [5, 5.41) is 0. The molecule has 0 atom stereocenters. The number of aromatic nitrogens is 1. The first-order chi connectivity index (χ1) is 6.95. The van der Waals surface area contributed by atoms with E-state index in [9.17, 15) is 0 Å². The fourth-order valence-corrected chi connectivity index (χ4v) is 1.86. The van der Waals surface area contributed by atoms with Gasteiger partial charge in [-0.1, -0.05) is 12.5 Å². The number of hydrogen-bond acceptors (Lipinski definition) is 2. The molecule has 0 unspecified atom stereocenters. The van der Waals surface area contributed by atoms with Crippen LogP contribution in [0.3, 0.4) is 0 Å². The van der Waals surface area contributed by atoms with Gasteiger partial charge in [0.15, 0.2) is 0 Å². The second kappa shape index (κ2) is 5.11. The van der Waals surface area contributed by atoms with Gasteiger partial charge in [-0.15, -0.1) is 0 Å². The summed E-state index contributed by atoms with van der Waals surface area (Å²) in [7, 11) is 0. The van der Waals surface area contributed by atoms with Gasteiger partial charge in [0.1, 0.15) is 0 Å². The van der Waals surface area contributed by atoms with E-state index in [1.807, 2.05) is 18.3 Å². The Labute approximate surface area is 86.0 Å². The molecule has 2 heterocycles. The summed E-state index contributed by atoms with van der Waals surface area (Å²) in [4.78, 5) is 6.78. The molecule has 2 nitrogen and oxygen atoms in total. The van der Waals surface area contributed by atoms with Gasteiger partial charge in [-0.05, 0) is 38.1 Å². The molecule has 0 aliphatic carbocycles. The minimum absolute atomic E-state index is 1.05. The van der Waals surface area contributed by atoms with Crippen LogP contribution in [0.2, 0.25) is 0 Å². The fraction of sp³-hybridized carbons (Fsp3) is 0.500. The highest BCUT2D eigenvalue weighted by atomic mass is 15.1. The monoisotopic (exact) mass is 189 g/mol. The van der Waals surface area contributed by atoms with Crippen molar-refractivity contribution in [1.29, 1.82) is 0 Å². The van der Waals surface area contributed by atoms with E-state index in [4.69, 9.17) is 0 Å². The van der Waals surface area contributed by atoms with Crippen molar-refractivity contribution in [2.24, 2.45) is 0 Å². The standard InChI is InChI=1S/C12H17N2/c1-4-9-14(10-5-1)11-7-12-6-2-3-8-13-12/h2-3,6-8H,1,4-5,9-11H2. The van der Waals surface area contributed by atoms with Crippen LogP contribution >= 0.6 is 0 Å². The average Bonchev–Trinajstić information content (AvgIpc) is 2.29. The maximum Gasteiger partial charge on any atom is 0.0454 e. The molecule has 1 aromatic rings. The van der Waals surface area contributed by atoms with E-state index in [1.54, 1.807) is 0 Å². The number of likely N-dealkylation sites (tertiary alicyclic amines) is 1. The summed E-state index contributed by atoms with van der Waals surface area (Å²) < 4.78 is 0. The number of piperidine rings is 1. The molecule has 2 rings (SSSR count). The lowest BCUT2D eigenvalue weighted by atomic mass is 10.1. The summed E-state index contributed by atoms with van der Waals surface area (Å²) >= 11 is 0. The summed E-state index contributed by atoms with van der Waals surface area (Å²) in [6, 6.07) is 6.05. The average molecular weight is 189 g/mol. The van der Waals surface area contributed by atoms with Crippen LogP contribution in [0.4, 0.5) is 0 Å².